The van der Waals surface area contributed by atoms with E-state index >= 15 is 0 Å². The van der Waals surface area contributed by atoms with Crippen molar-refractivity contribution in [1.29, 1.82) is 0 Å². The highest BCUT2D eigenvalue weighted by Crippen LogP contribution is 2.33. The molecular weight excluding hydrogens is 302 g/mol. The summed E-state index contributed by atoms with van der Waals surface area (Å²) in [7, 11) is -0.834. The first-order chi connectivity index (χ1) is 9.67. The molecule has 0 atom stereocenters. The number of hydrogen-bond donors (Lipinski definition) is 2. The first-order valence-electron chi connectivity index (χ1n) is 5.65. The van der Waals surface area contributed by atoms with Gasteiger partial charge in [0.1, 0.15) is 5.75 Å². The Hall–Kier alpha value is -2.29. The molecule has 0 saturated heterocycles. The quantitative estimate of drug-likeness (QED) is 0.778. The second kappa shape index (κ2) is 6.44. The molecule has 0 radical (unpaired) electrons. The summed E-state index contributed by atoms with van der Waals surface area (Å²) in [5.41, 5.74) is -0.316. The molecule has 0 saturated carbocycles. The van der Waals surface area contributed by atoms with E-state index in [2.05, 4.69) is 5.32 Å². The van der Waals surface area contributed by atoms with Gasteiger partial charge in [-0.25, -0.2) is 13.2 Å². The maximum absolute atomic E-state index is 11.6. The van der Waals surface area contributed by atoms with Gasteiger partial charge in [-0.15, -0.1) is 0 Å². The van der Waals surface area contributed by atoms with Crippen LogP contribution in [0.5, 0.6) is 11.5 Å². The van der Waals surface area contributed by atoms with E-state index in [1.807, 2.05) is 0 Å². The summed E-state index contributed by atoms with van der Waals surface area (Å²) in [4.78, 5) is 22.8. The molecule has 0 bridgehead atoms. The third kappa shape index (κ3) is 4.63. The number of carbonyl (C=O) groups excluding carboxylic acids is 1. The lowest BCUT2D eigenvalue weighted by Gasteiger charge is -2.13. The molecule has 1 rings (SSSR count). The summed E-state index contributed by atoms with van der Waals surface area (Å²) in [6.45, 7) is 0. The number of rotatable bonds is 6. The number of methoxy groups -OCH3 is 2. The average molecular weight is 317 g/mol. The predicted molar refractivity (Wildman–Crippen MR) is 74.8 cm³/mol. The van der Waals surface area contributed by atoms with Crippen LogP contribution in [0.25, 0.3) is 0 Å². The van der Waals surface area contributed by atoms with Crippen molar-refractivity contribution in [3.8, 4) is 11.5 Å². The second-order valence-corrected chi connectivity index (χ2v) is 6.32. The van der Waals surface area contributed by atoms with Crippen LogP contribution in [0.3, 0.4) is 0 Å². The lowest BCUT2D eigenvalue weighted by atomic mass is 10.1. The Morgan fingerprint density at radius 3 is 2.14 bits per heavy atom. The number of hydrogen-bond acceptors (Lipinski definition) is 6. The number of carboxylic acid groups (broad SMARTS) is 1. The summed E-state index contributed by atoms with van der Waals surface area (Å²) in [5, 5.41) is 11.4. The van der Waals surface area contributed by atoms with Crippen LogP contribution in [-0.4, -0.2) is 51.6 Å². The van der Waals surface area contributed by atoms with Crippen molar-refractivity contribution >= 4 is 27.4 Å². The second-order valence-electron chi connectivity index (χ2n) is 4.18. The first kappa shape index (κ1) is 16.8. The number of anilines is 1. The van der Waals surface area contributed by atoms with E-state index in [-0.39, 0.29) is 22.7 Å². The van der Waals surface area contributed by atoms with Gasteiger partial charge in [0.2, 0.25) is 5.91 Å². The topological polar surface area (TPSA) is 119 Å². The van der Waals surface area contributed by atoms with Crippen LogP contribution in [0.2, 0.25) is 0 Å². The van der Waals surface area contributed by atoms with E-state index in [0.717, 1.165) is 6.26 Å². The zero-order valence-electron chi connectivity index (χ0n) is 11.7. The predicted octanol–water partition coefficient (Wildman–Crippen LogP) is 0.385. The number of amides is 1. The number of aromatic carboxylic acids is 1. The molecule has 116 valence electrons. The van der Waals surface area contributed by atoms with E-state index in [4.69, 9.17) is 14.6 Å². The van der Waals surface area contributed by atoms with E-state index < -0.39 is 27.5 Å². The minimum absolute atomic E-state index is 0.0752. The van der Waals surface area contributed by atoms with E-state index in [9.17, 15) is 18.0 Å². The molecule has 1 aromatic rings. The fourth-order valence-electron chi connectivity index (χ4n) is 1.58. The number of nitrogens with one attached hydrogen (secondary N) is 1. The fraction of sp³-hybridized carbons (Fsp3) is 0.333. The molecule has 0 heterocycles. The molecular formula is C12H15NO7S. The summed E-state index contributed by atoms with van der Waals surface area (Å²) in [6, 6.07) is 2.43. The Kier molecular flexibility index (Phi) is 5.14. The summed E-state index contributed by atoms with van der Waals surface area (Å²) in [5.74, 6) is -2.51. The van der Waals surface area contributed by atoms with Crippen molar-refractivity contribution in [2.45, 2.75) is 0 Å². The van der Waals surface area contributed by atoms with Crippen LogP contribution in [0.4, 0.5) is 5.69 Å². The van der Waals surface area contributed by atoms with Gasteiger partial charge < -0.3 is 19.9 Å². The third-order valence-electron chi connectivity index (χ3n) is 2.42. The van der Waals surface area contributed by atoms with Gasteiger partial charge in [0.25, 0.3) is 0 Å². The summed E-state index contributed by atoms with van der Waals surface area (Å²) < 4.78 is 32.1. The Morgan fingerprint density at radius 1 is 1.19 bits per heavy atom. The van der Waals surface area contributed by atoms with Crippen molar-refractivity contribution < 1.29 is 32.6 Å². The molecule has 0 unspecified atom stereocenters. The van der Waals surface area contributed by atoms with Crippen LogP contribution in [0.1, 0.15) is 10.4 Å². The molecule has 1 aromatic carbocycles. The fourth-order valence-corrected chi connectivity index (χ4v) is 2.13. The number of benzene rings is 1. The minimum Gasteiger partial charge on any atom is -0.493 e. The zero-order chi connectivity index (χ0) is 16.2. The normalized spacial score (nSPS) is 10.8. The first-order valence-corrected chi connectivity index (χ1v) is 7.71. The lowest BCUT2D eigenvalue weighted by Crippen LogP contribution is -2.23. The molecule has 2 N–H and O–H groups in total. The Balaban J connectivity index is 3.21. The van der Waals surface area contributed by atoms with Crippen LogP contribution in [-0.2, 0) is 14.6 Å². The standard InChI is InChI=1S/C12H15NO7S/c1-19-9-4-7(12(15)16)8(5-10(9)20-2)13-11(14)6-21(3,17)18/h4-5H,6H2,1-3H3,(H,13,14)(H,15,16). The number of sulfone groups is 1. The van der Waals surface area contributed by atoms with Gasteiger partial charge in [0.05, 0.1) is 25.5 Å². The maximum atomic E-state index is 11.6. The molecule has 1 amide bonds. The van der Waals surface area contributed by atoms with E-state index in [1.165, 1.54) is 26.4 Å². The van der Waals surface area contributed by atoms with Crippen LogP contribution in [0, 0.1) is 0 Å². The number of carbonyl (C=O) groups is 2. The molecule has 0 fully saturated rings. The van der Waals surface area contributed by atoms with Gasteiger partial charge in [-0.3, -0.25) is 4.79 Å². The lowest BCUT2D eigenvalue weighted by molar-refractivity contribution is -0.113. The van der Waals surface area contributed by atoms with Crippen molar-refractivity contribution in [2.24, 2.45) is 0 Å². The van der Waals surface area contributed by atoms with Gasteiger partial charge in [-0.1, -0.05) is 0 Å². The van der Waals surface area contributed by atoms with E-state index in [0.29, 0.717) is 0 Å². The van der Waals surface area contributed by atoms with Crippen molar-refractivity contribution in [3.63, 3.8) is 0 Å². The summed E-state index contributed by atoms with van der Waals surface area (Å²) in [6.07, 6.45) is 0.902. The smallest absolute Gasteiger partial charge is 0.337 e. The molecule has 0 spiro atoms. The SMILES string of the molecule is COc1cc(NC(=O)CS(C)(=O)=O)c(C(=O)O)cc1OC. The van der Waals surface area contributed by atoms with Gasteiger partial charge in [-0.2, -0.15) is 0 Å². The minimum atomic E-state index is -3.52. The van der Waals surface area contributed by atoms with Crippen molar-refractivity contribution in [3.05, 3.63) is 17.7 Å². The molecule has 0 aromatic heterocycles. The molecule has 0 aliphatic rings. The monoisotopic (exact) mass is 317 g/mol. The largest absolute Gasteiger partial charge is 0.493 e. The Morgan fingerprint density at radius 2 is 1.71 bits per heavy atom. The number of ether oxygens (including phenoxy) is 2. The molecule has 0 aliphatic carbocycles. The van der Waals surface area contributed by atoms with Gasteiger partial charge >= 0.3 is 5.97 Å². The van der Waals surface area contributed by atoms with Gasteiger partial charge in [-0.05, 0) is 0 Å². The molecule has 21 heavy (non-hydrogen) atoms. The van der Waals surface area contributed by atoms with Crippen LogP contribution in [0.15, 0.2) is 12.1 Å². The van der Waals surface area contributed by atoms with Gasteiger partial charge in [0, 0.05) is 18.4 Å². The van der Waals surface area contributed by atoms with Gasteiger partial charge in [0.15, 0.2) is 21.3 Å². The van der Waals surface area contributed by atoms with E-state index in [1.54, 1.807) is 0 Å². The van der Waals surface area contributed by atoms with Crippen LogP contribution < -0.4 is 14.8 Å². The Labute approximate surface area is 121 Å². The van der Waals surface area contributed by atoms with Crippen LogP contribution >= 0.6 is 0 Å². The molecule has 0 aliphatic heterocycles. The maximum Gasteiger partial charge on any atom is 0.337 e. The highest BCUT2D eigenvalue weighted by Gasteiger charge is 2.19. The zero-order valence-corrected chi connectivity index (χ0v) is 12.5. The molecule has 8 nitrogen and oxygen atoms in total. The average Bonchev–Trinajstić information content (AvgIpc) is 2.35. The third-order valence-corrected chi connectivity index (χ3v) is 3.21. The molecule has 9 heteroatoms. The highest BCUT2D eigenvalue weighted by atomic mass is 32.2. The Bertz CT molecular complexity index is 666. The number of carboxylic acids is 1. The van der Waals surface area contributed by atoms with Crippen molar-refractivity contribution in [1.82, 2.24) is 0 Å². The van der Waals surface area contributed by atoms with Crippen molar-refractivity contribution in [2.75, 3.05) is 31.5 Å². The summed E-state index contributed by atoms with van der Waals surface area (Å²) >= 11 is 0. The highest BCUT2D eigenvalue weighted by molar-refractivity contribution is 7.91.